The number of hydrogen-bond acceptors (Lipinski definition) is 7. The summed E-state index contributed by atoms with van der Waals surface area (Å²) in [6.07, 6.45) is 1.73. The van der Waals surface area contributed by atoms with Gasteiger partial charge in [0.25, 0.3) is 5.91 Å². The topological polar surface area (TPSA) is 96.0 Å². The Morgan fingerprint density at radius 3 is 2.68 bits per heavy atom. The van der Waals surface area contributed by atoms with Gasteiger partial charge in [-0.05, 0) is 24.6 Å². The fourth-order valence-electron chi connectivity index (χ4n) is 2.59. The molecule has 0 atom stereocenters. The summed E-state index contributed by atoms with van der Waals surface area (Å²) in [4.78, 5) is 25.1. The Labute approximate surface area is 189 Å². The number of hydrogen-bond donors (Lipinski definition) is 3. The summed E-state index contributed by atoms with van der Waals surface area (Å²) in [6, 6.07) is 14.9. The van der Waals surface area contributed by atoms with Crippen LogP contribution in [0.4, 0.5) is 10.8 Å². The quantitative estimate of drug-likeness (QED) is 0.316. The van der Waals surface area contributed by atoms with Gasteiger partial charge < -0.3 is 16.0 Å². The van der Waals surface area contributed by atoms with Crippen LogP contribution < -0.4 is 16.0 Å². The maximum atomic E-state index is 12.7. The van der Waals surface area contributed by atoms with Crippen LogP contribution in [-0.2, 0) is 11.3 Å². The van der Waals surface area contributed by atoms with Crippen LogP contribution in [0.3, 0.4) is 0 Å². The summed E-state index contributed by atoms with van der Waals surface area (Å²) >= 11 is 2.66. The largest absolute Gasteiger partial charge is 0.357 e. The van der Waals surface area contributed by atoms with E-state index in [-0.39, 0.29) is 17.6 Å². The lowest BCUT2D eigenvalue weighted by molar-refractivity contribution is -0.113. The molecular formula is C22H23N5O2S2. The zero-order valence-corrected chi connectivity index (χ0v) is 18.7. The number of carbonyl (C=O) groups excluding carboxylic acids is 2. The van der Waals surface area contributed by atoms with Gasteiger partial charge in [-0.3, -0.25) is 9.59 Å². The van der Waals surface area contributed by atoms with E-state index in [4.69, 9.17) is 0 Å². The average molecular weight is 454 g/mol. The molecule has 1 aromatic heterocycles. The highest BCUT2D eigenvalue weighted by Crippen LogP contribution is 2.25. The van der Waals surface area contributed by atoms with Crippen LogP contribution in [0.5, 0.6) is 0 Å². The van der Waals surface area contributed by atoms with Gasteiger partial charge in [-0.15, -0.1) is 16.8 Å². The molecule has 0 bridgehead atoms. The minimum atomic E-state index is -0.244. The number of para-hydroxylation sites is 1. The molecule has 9 heteroatoms. The van der Waals surface area contributed by atoms with Gasteiger partial charge in [0, 0.05) is 13.1 Å². The third kappa shape index (κ3) is 6.94. The summed E-state index contributed by atoms with van der Waals surface area (Å²) in [6.45, 7) is 6.67. The number of aryl methyl sites for hydroxylation is 1. The zero-order chi connectivity index (χ0) is 22.1. The summed E-state index contributed by atoms with van der Waals surface area (Å²) in [5, 5.41) is 17.5. The van der Waals surface area contributed by atoms with Crippen molar-refractivity contribution in [1.29, 1.82) is 0 Å². The minimum absolute atomic E-state index is 0.162. The second-order valence-corrected chi connectivity index (χ2v) is 8.79. The van der Waals surface area contributed by atoms with Gasteiger partial charge >= 0.3 is 0 Å². The summed E-state index contributed by atoms with van der Waals surface area (Å²) in [5.41, 5.74) is 3.06. The number of thioether (sulfide) groups is 1. The monoisotopic (exact) mass is 453 g/mol. The van der Waals surface area contributed by atoms with Crippen LogP contribution in [0.15, 0.2) is 65.5 Å². The molecule has 7 nitrogen and oxygen atoms in total. The van der Waals surface area contributed by atoms with Gasteiger partial charge in [-0.2, -0.15) is 0 Å². The molecule has 0 spiro atoms. The first-order chi connectivity index (χ1) is 15.0. The van der Waals surface area contributed by atoms with Gasteiger partial charge in [0.05, 0.1) is 17.0 Å². The molecule has 0 fully saturated rings. The first kappa shape index (κ1) is 22.5. The third-order valence-corrected chi connectivity index (χ3v) is 6.16. The predicted molar refractivity (Wildman–Crippen MR) is 127 cm³/mol. The van der Waals surface area contributed by atoms with Crippen molar-refractivity contribution in [2.75, 3.05) is 22.9 Å². The van der Waals surface area contributed by atoms with Crippen molar-refractivity contribution in [3.63, 3.8) is 0 Å². The SMILES string of the molecule is C=CCNc1nnc(SCC(=O)Nc2ccccc2C(=O)NCc2ccc(C)cc2)s1. The number of rotatable bonds is 10. The molecule has 3 N–H and O–H groups in total. The van der Waals surface area contributed by atoms with E-state index < -0.39 is 0 Å². The van der Waals surface area contributed by atoms with Gasteiger partial charge in [0.2, 0.25) is 11.0 Å². The maximum absolute atomic E-state index is 12.7. The third-order valence-electron chi connectivity index (χ3n) is 4.15. The molecule has 0 aliphatic heterocycles. The van der Waals surface area contributed by atoms with E-state index in [2.05, 4.69) is 32.7 Å². The van der Waals surface area contributed by atoms with E-state index in [1.807, 2.05) is 31.2 Å². The second kappa shape index (κ2) is 11.3. The molecule has 0 unspecified atom stereocenters. The van der Waals surface area contributed by atoms with E-state index in [1.54, 1.807) is 30.3 Å². The molecule has 2 amide bonds. The van der Waals surface area contributed by atoms with Crippen LogP contribution in [0, 0.1) is 6.92 Å². The minimum Gasteiger partial charge on any atom is -0.357 e. The molecular weight excluding hydrogens is 430 g/mol. The van der Waals surface area contributed by atoms with Gasteiger partial charge in [-0.25, -0.2) is 0 Å². The Morgan fingerprint density at radius 2 is 1.90 bits per heavy atom. The number of nitrogens with one attached hydrogen (secondary N) is 3. The van der Waals surface area contributed by atoms with Crippen molar-refractivity contribution in [2.24, 2.45) is 0 Å². The number of amides is 2. The van der Waals surface area contributed by atoms with E-state index in [9.17, 15) is 9.59 Å². The molecule has 0 saturated carbocycles. The van der Waals surface area contributed by atoms with Crippen molar-refractivity contribution in [3.05, 3.63) is 77.9 Å². The van der Waals surface area contributed by atoms with Crippen molar-refractivity contribution in [1.82, 2.24) is 15.5 Å². The molecule has 0 saturated heterocycles. The van der Waals surface area contributed by atoms with Crippen LogP contribution in [0.1, 0.15) is 21.5 Å². The van der Waals surface area contributed by atoms with Crippen LogP contribution >= 0.6 is 23.1 Å². The second-order valence-electron chi connectivity index (χ2n) is 6.59. The number of nitrogens with zero attached hydrogens (tertiary/aromatic N) is 2. The lowest BCUT2D eigenvalue weighted by Crippen LogP contribution is -2.25. The highest BCUT2D eigenvalue weighted by molar-refractivity contribution is 8.01. The maximum Gasteiger partial charge on any atom is 0.253 e. The molecule has 0 aliphatic rings. The number of anilines is 2. The van der Waals surface area contributed by atoms with Crippen molar-refractivity contribution < 1.29 is 9.59 Å². The first-order valence-corrected chi connectivity index (χ1v) is 11.4. The molecule has 0 radical (unpaired) electrons. The van der Waals surface area contributed by atoms with E-state index in [0.717, 1.165) is 5.56 Å². The molecule has 3 rings (SSSR count). The van der Waals surface area contributed by atoms with E-state index >= 15 is 0 Å². The molecule has 31 heavy (non-hydrogen) atoms. The molecule has 1 heterocycles. The number of aromatic nitrogens is 2. The Morgan fingerprint density at radius 1 is 1.13 bits per heavy atom. The zero-order valence-electron chi connectivity index (χ0n) is 17.1. The highest BCUT2D eigenvalue weighted by Gasteiger charge is 2.14. The lowest BCUT2D eigenvalue weighted by atomic mass is 10.1. The van der Waals surface area contributed by atoms with E-state index in [1.165, 1.54) is 28.7 Å². The molecule has 2 aromatic carbocycles. The smallest absolute Gasteiger partial charge is 0.253 e. The summed E-state index contributed by atoms with van der Waals surface area (Å²) < 4.78 is 0.686. The van der Waals surface area contributed by atoms with Gasteiger partial charge in [0.15, 0.2) is 4.34 Å². The van der Waals surface area contributed by atoms with Gasteiger partial charge in [-0.1, -0.05) is 71.1 Å². The fraction of sp³-hybridized carbons (Fsp3) is 0.182. The normalized spacial score (nSPS) is 10.4. The Hall–Kier alpha value is -3.17. The van der Waals surface area contributed by atoms with E-state index in [0.29, 0.717) is 33.8 Å². The van der Waals surface area contributed by atoms with Crippen molar-refractivity contribution >= 4 is 45.7 Å². The lowest BCUT2D eigenvalue weighted by Gasteiger charge is -2.11. The van der Waals surface area contributed by atoms with Gasteiger partial charge in [0.1, 0.15) is 0 Å². The highest BCUT2D eigenvalue weighted by atomic mass is 32.2. The molecule has 3 aromatic rings. The first-order valence-electron chi connectivity index (χ1n) is 9.59. The number of benzene rings is 2. The Balaban J connectivity index is 1.54. The summed E-state index contributed by atoms with van der Waals surface area (Å²) in [7, 11) is 0. The molecule has 160 valence electrons. The summed E-state index contributed by atoms with van der Waals surface area (Å²) in [5.74, 6) is -0.305. The standard InChI is InChI=1S/C22H23N5O2S2/c1-3-12-23-21-26-27-22(31-21)30-14-19(28)25-18-7-5-4-6-17(18)20(29)24-13-16-10-8-15(2)9-11-16/h3-11H,1,12-14H2,2H3,(H,23,26)(H,24,29)(H,25,28). The predicted octanol–water partition coefficient (Wildman–Crippen LogP) is 4.11. The Bertz CT molecular complexity index is 1050. The van der Waals surface area contributed by atoms with Crippen LogP contribution in [0.25, 0.3) is 0 Å². The molecule has 0 aliphatic carbocycles. The fourth-order valence-corrected chi connectivity index (χ4v) is 4.14. The van der Waals surface area contributed by atoms with Crippen molar-refractivity contribution in [3.8, 4) is 0 Å². The van der Waals surface area contributed by atoms with Crippen molar-refractivity contribution in [2.45, 2.75) is 17.8 Å². The van der Waals surface area contributed by atoms with Crippen LogP contribution in [-0.4, -0.2) is 34.3 Å². The average Bonchev–Trinajstić information content (AvgIpc) is 3.24. The Kier molecular flexibility index (Phi) is 8.19. The number of carbonyl (C=O) groups is 2. The van der Waals surface area contributed by atoms with Crippen LogP contribution in [0.2, 0.25) is 0 Å².